The third kappa shape index (κ3) is 6.04. The standard InChI is InChI=1S/C13H20N2O2/c1-15(10-8-14)9-7-13(16)17-11-12-5-3-2-4-6-12/h2-6H,7-11,14H2,1H3. The second kappa shape index (κ2) is 7.81. The molecule has 0 radical (unpaired) electrons. The molecule has 0 aliphatic rings. The zero-order valence-corrected chi connectivity index (χ0v) is 10.3. The molecule has 0 spiro atoms. The number of nitrogens with zero attached hydrogens (tertiary/aromatic N) is 1. The highest BCUT2D eigenvalue weighted by Crippen LogP contribution is 2.01. The molecule has 0 aromatic heterocycles. The van der Waals surface area contributed by atoms with Crippen LogP contribution in [0.5, 0.6) is 0 Å². The van der Waals surface area contributed by atoms with E-state index in [2.05, 4.69) is 0 Å². The molecule has 0 unspecified atom stereocenters. The Labute approximate surface area is 102 Å². The van der Waals surface area contributed by atoms with E-state index in [0.29, 0.717) is 26.1 Å². The zero-order chi connectivity index (χ0) is 12.5. The lowest BCUT2D eigenvalue weighted by Crippen LogP contribution is -2.28. The topological polar surface area (TPSA) is 55.6 Å². The summed E-state index contributed by atoms with van der Waals surface area (Å²) < 4.78 is 5.16. The number of nitrogens with two attached hydrogens (primary N) is 1. The van der Waals surface area contributed by atoms with E-state index < -0.39 is 0 Å². The van der Waals surface area contributed by atoms with Gasteiger partial charge in [-0.15, -0.1) is 0 Å². The van der Waals surface area contributed by atoms with Crippen molar-refractivity contribution in [2.75, 3.05) is 26.7 Å². The summed E-state index contributed by atoms with van der Waals surface area (Å²) in [7, 11) is 1.94. The molecule has 1 aromatic carbocycles. The first-order chi connectivity index (χ1) is 8.22. The van der Waals surface area contributed by atoms with Crippen molar-refractivity contribution in [3.05, 3.63) is 35.9 Å². The van der Waals surface area contributed by atoms with Crippen LogP contribution in [0.2, 0.25) is 0 Å². The van der Waals surface area contributed by atoms with Crippen molar-refractivity contribution in [3.63, 3.8) is 0 Å². The van der Waals surface area contributed by atoms with Gasteiger partial charge in [-0.3, -0.25) is 4.79 Å². The highest BCUT2D eigenvalue weighted by molar-refractivity contribution is 5.69. The van der Waals surface area contributed by atoms with Gasteiger partial charge in [-0.1, -0.05) is 30.3 Å². The van der Waals surface area contributed by atoms with Crippen molar-refractivity contribution < 1.29 is 9.53 Å². The first-order valence-corrected chi connectivity index (χ1v) is 5.80. The SMILES string of the molecule is CN(CCN)CCC(=O)OCc1ccccc1. The fourth-order valence-electron chi connectivity index (χ4n) is 1.42. The molecule has 94 valence electrons. The minimum Gasteiger partial charge on any atom is -0.461 e. The molecule has 0 bridgehead atoms. The van der Waals surface area contributed by atoms with E-state index in [1.165, 1.54) is 0 Å². The Morgan fingerprint density at radius 2 is 2.00 bits per heavy atom. The predicted molar refractivity (Wildman–Crippen MR) is 67.4 cm³/mol. The molecule has 4 heteroatoms. The number of hydrogen-bond donors (Lipinski definition) is 1. The van der Waals surface area contributed by atoms with Crippen molar-refractivity contribution in [2.24, 2.45) is 5.73 Å². The van der Waals surface area contributed by atoms with Gasteiger partial charge < -0.3 is 15.4 Å². The van der Waals surface area contributed by atoms with Crippen LogP contribution in [0, 0.1) is 0 Å². The van der Waals surface area contributed by atoms with Gasteiger partial charge in [-0.05, 0) is 12.6 Å². The molecule has 0 atom stereocenters. The fourth-order valence-corrected chi connectivity index (χ4v) is 1.42. The second-order valence-electron chi connectivity index (χ2n) is 3.99. The minimum absolute atomic E-state index is 0.169. The summed E-state index contributed by atoms with van der Waals surface area (Å²) in [5.41, 5.74) is 6.42. The van der Waals surface area contributed by atoms with Crippen molar-refractivity contribution in [2.45, 2.75) is 13.0 Å². The summed E-state index contributed by atoms with van der Waals surface area (Å²) in [6.07, 6.45) is 0.406. The summed E-state index contributed by atoms with van der Waals surface area (Å²) in [4.78, 5) is 13.5. The van der Waals surface area contributed by atoms with Gasteiger partial charge >= 0.3 is 5.97 Å². The highest BCUT2D eigenvalue weighted by Gasteiger charge is 2.05. The van der Waals surface area contributed by atoms with Gasteiger partial charge in [0.05, 0.1) is 6.42 Å². The Kier molecular flexibility index (Phi) is 6.29. The summed E-state index contributed by atoms with van der Waals surface area (Å²) >= 11 is 0. The zero-order valence-electron chi connectivity index (χ0n) is 10.3. The number of likely N-dealkylation sites (N-methyl/N-ethyl adjacent to an activating group) is 1. The number of carbonyl (C=O) groups is 1. The smallest absolute Gasteiger partial charge is 0.307 e. The number of benzene rings is 1. The molecule has 0 heterocycles. The van der Waals surface area contributed by atoms with Crippen LogP contribution < -0.4 is 5.73 Å². The highest BCUT2D eigenvalue weighted by atomic mass is 16.5. The molecular weight excluding hydrogens is 216 g/mol. The van der Waals surface area contributed by atoms with Gasteiger partial charge in [0.2, 0.25) is 0 Å². The largest absolute Gasteiger partial charge is 0.461 e. The fraction of sp³-hybridized carbons (Fsp3) is 0.462. The normalized spacial score (nSPS) is 10.5. The van der Waals surface area contributed by atoms with E-state index in [1.807, 2.05) is 42.3 Å². The Morgan fingerprint density at radius 1 is 1.29 bits per heavy atom. The van der Waals surface area contributed by atoms with E-state index in [0.717, 1.165) is 12.1 Å². The number of rotatable bonds is 7. The van der Waals surface area contributed by atoms with Gasteiger partial charge in [-0.2, -0.15) is 0 Å². The van der Waals surface area contributed by atoms with Crippen molar-refractivity contribution in [3.8, 4) is 0 Å². The Hall–Kier alpha value is -1.39. The van der Waals surface area contributed by atoms with Crippen LogP contribution in [0.4, 0.5) is 0 Å². The summed E-state index contributed by atoms with van der Waals surface area (Å²) in [6.45, 7) is 2.44. The third-order valence-electron chi connectivity index (χ3n) is 2.45. The van der Waals surface area contributed by atoms with Crippen LogP contribution in [-0.4, -0.2) is 37.6 Å². The molecule has 0 saturated heterocycles. The van der Waals surface area contributed by atoms with Gasteiger partial charge in [-0.25, -0.2) is 0 Å². The number of ether oxygens (including phenoxy) is 1. The van der Waals surface area contributed by atoms with Crippen LogP contribution in [-0.2, 0) is 16.1 Å². The number of hydrogen-bond acceptors (Lipinski definition) is 4. The molecule has 2 N–H and O–H groups in total. The average Bonchev–Trinajstić information content (AvgIpc) is 2.35. The van der Waals surface area contributed by atoms with E-state index >= 15 is 0 Å². The van der Waals surface area contributed by atoms with E-state index in [4.69, 9.17) is 10.5 Å². The van der Waals surface area contributed by atoms with Gasteiger partial charge in [0, 0.05) is 19.6 Å². The van der Waals surface area contributed by atoms with Crippen LogP contribution in [0.15, 0.2) is 30.3 Å². The molecule has 0 saturated carbocycles. The molecule has 0 aliphatic heterocycles. The van der Waals surface area contributed by atoms with E-state index in [9.17, 15) is 4.79 Å². The molecule has 0 aliphatic carbocycles. The van der Waals surface area contributed by atoms with Crippen LogP contribution in [0.3, 0.4) is 0 Å². The lowest BCUT2D eigenvalue weighted by atomic mass is 10.2. The minimum atomic E-state index is -0.169. The van der Waals surface area contributed by atoms with Crippen LogP contribution in [0.1, 0.15) is 12.0 Å². The van der Waals surface area contributed by atoms with Crippen molar-refractivity contribution in [1.82, 2.24) is 4.90 Å². The molecule has 17 heavy (non-hydrogen) atoms. The molecule has 0 amide bonds. The Bertz CT molecular complexity index is 327. The number of carbonyl (C=O) groups excluding carboxylic acids is 1. The first kappa shape index (κ1) is 13.7. The molecule has 4 nitrogen and oxygen atoms in total. The monoisotopic (exact) mass is 236 g/mol. The van der Waals surface area contributed by atoms with Crippen molar-refractivity contribution >= 4 is 5.97 Å². The Morgan fingerprint density at radius 3 is 2.65 bits per heavy atom. The maximum absolute atomic E-state index is 11.4. The average molecular weight is 236 g/mol. The van der Waals surface area contributed by atoms with E-state index in [1.54, 1.807) is 0 Å². The lowest BCUT2D eigenvalue weighted by molar-refractivity contribution is -0.145. The maximum Gasteiger partial charge on any atom is 0.307 e. The summed E-state index contributed by atoms with van der Waals surface area (Å²) in [5, 5.41) is 0. The van der Waals surface area contributed by atoms with Gasteiger partial charge in [0.1, 0.15) is 6.61 Å². The molecule has 1 aromatic rings. The molecule has 0 fully saturated rings. The summed E-state index contributed by atoms with van der Waals surface area (Å²) in [6, 6.07) is 9.67. The third-order valence-corrected chi connectivity index (χ3v) is 2.45. The van der Waals surface area contributed by atoms with Crippen molar-refractivity contribution in [1.29, 1.82) is 0 Å². The number of esters is 1. The van der Waals surface area contributed by atoms with Crippen LogP contribution >= 0.6 is 0 Å². The maximum atomic E-state index is 11.4. The Balaban J connectivity index is 2.17. The quantitative estimate of drug-likeness (QED) is 0.718. The van der Waals surface area contributed by atoms with Gasteiger partial charge in [0.15, 0.2) is 0 Å². The van der Waals surface area contributed by atoms with Crippen LogP contribution in [0.25, 0.3) is 0 Å². The molecule has 1 rings (SSSR count). The first-order valence-electron chi connectivity index (χ1n) is 5.80. The lowest BCUT2D eigenvalue weighted by Gasteiger charge is -2.14. The van der Waals surface area contributed by atoms with E-state index in [-0.39, 0.29) is 5.97 Å². The van der Waals surface area contributed by atoms with Gasteiger partial charge in [0.25, 0.3) is 0 Å². The predicted octanol–water partition coefficient (Wildman–Crippen LogP) is 1.01. The molecular formula is C13H20N2O2. The second-order valence-corrected chi connectivity index (χ2v) is 3.99. The summed E-state index contributed by atoms with van der Waals surface area (Å²) in [5.74, 6) is -0.169.